The molecule has 0 radical (unpaired) electrons. The van der Waals surface area contributed by atoms with Crippen LogP contribution in [0.15, 0.2) is 35.4 Å². The molecular formula is C18H20N6O. The Kier molecular flexibility index (Phi) is 3.93. The molecule has 128 valence electrons. The first-order valence-corrected chi connectivity index (χ1v) is 8.35. The Morgan fingerprint density at radius 2 is 2.20 bits per heavy atom. The van der Waals surface area contributed by atoms with Crippen molar-refractivity contribution in [3.05, 3.63) is 63.5 Å². The van der Waals surface area contributed by atoms with Gasteiger partial charge >= 0.3 is 0 Å². The molecule has 0 bridgehead atoms. The van der Waals surface area contributed by atoms with E-state index in [-0.39, 0.29) is 5.56 Å². The Balaban J connectivity index is 1.62. The summed E-state index contributed by atoms with van der Waals surface area (Å²) in [4.78, 5) is 26.6. The van der Waals surface area contributed by atoms with Crippen LogP contribution < -0.4 is 5.56 Å². The van der Waals surface area contributed by atoms with Gasteiger partial charge in [0.05, 0.1) is 11.9 Å². The summed E-state index contributed by atoms with van der Waals surface area (Å²) < 4.78 is 1.88. The van der Waals surface area contributed by atoms with Crippen LogP contribution in [-0.4, -0.2) is 36.2 Å². The topological polar surface area (TPSA) is 79.7 Å². The van der Waals surface area contributed by atoms with E-state index < -0.39 is 0 Å². The van der Waals surface area contributed by atoms with Gasteiger partial charge in [0.1, 0.15) is 5.69 Å². The van der Waals surface area contributed by atoms with Crippen molar-refractivity contribution in [2.24, 2.45) is 7.05 Å². The molecule has 1 aliphatic rings. The highest BCUT2D eigenvalue weighted by Gasteiger charge is 2.22. The summed E-state index contributed by atoms with van der Waals surface area (Å²) in [5, 5.41) is 4.30. The predicted octanol–water partition coefficient (Wildman–Crippen LogP) is 1.43. The van der Waals surface area contributed by atoms with E-state index in [0.717, 1.165) is 24.3 Å². The minimum absolute atomic E-state index is 0.0529. The van der Waals surface area contributed by atoms with Crippen LogP contribution in [0.5, 0.6) is 0 Å². The zero-order chi connectivity index (χ0) is 17.4. The van der Waals surface area contributed by atoms with Crippen LogP contribution in [0.25, 0.3) is 11.5 Å². The molecule has 0 unspecified atom stereocenters. The lowest BCUT2D eigenvalue weighted by Gasteiger charge is -2.27. The van der Waals surface area contributed by atoms with Gasteiger partial charge in [0, 0.05) is 49.7 Å². The Labute approximate surface area is 145 Å². The molecule has 0 amide bonds. The Bertz CT molecular complexity index is 959. The molecule has 0 fully saturated rings. The lowest BCUT2D eigenvalue weighted by molar-refractivity contribution is 0.240. The number of H-pyrrole nitrogens is 1. The summed E-state index contributed by atoms with van der Waals surface area (Å²) in [7, 11) is 1.95. The molecule has 25 heavy (non-hydrogen) atoms. The SMILES string of the molecule is Cc1c(CN2CCc3c(nc(-c4ccccn4)[nH]c3=O)C2)cnn1C. The maximum atomic E-state index is 12.4. The third-order valence-corrected chi connectivity index (χ3v) is 4.79. The molecule has 0 saturated carbocycles. The number of hydrogen-bond donors (Lipinski definition) is 1. The number of aromatic amines is 1. The summed E-state index contributed by atoms with van der Waals surface area (Å²) in [6.45, 7) is 4.39. The van der Waals surface area contributed by atoms with Crippen LogP contribution >= 0.6 is 0 Å². The van der Waals surface area contributed by atoms with Crippen LogP contribution in [0.3, 0.4) is 0 Å². The normalized spacial score (nSPS) is 14.5. The molecule has 7 nitrogen and oxygen atoms in total. The molecular weight excluding hydrogens is 316 g/mol. The van der Waals surface area contributed by atoms with Gasteiger partial charge < -0.3 is 4.98 Å². The van der Waals surface area contributed by atoms with Crippen LogP contribution in [0.2, 0.25) is 0 Å². The highest BCUT2D eigenvalue weighted by molar-refractivity contribution is 5.49. The number of nitrogens with zero attached hydrogens (tertiary/aromatic N) is 5. The first kappa shape index (κ1) is 15.7. The third-order valence-electron chi connectivity index (χ3n) is 4.79. The van der Waals surface area contributed by atoms with Gasteiger partial charge in [-0.05, 0) is 25.5 Å². The number of hydrogen-bond acceptors (Lipinski definition) is 5. The van der Waals surface area contributed by atoms with Crippen LogP contribution in [-0.2, 0) is 26.6 Å². The van der Waals surface area contributed by atoms with Gasteiger partial charge in [0.25, 0.3) is 5.56 Å². The standard InChI is InChI=1S/C18H20N6O/c1-12-13(9-20-23(12)2)10-24-8-6-14-16(11-24)21-17(22-18(14)25)15-5-3-4-7-19-15/h3-5,7,9H,6,8,10-11H2,1-2H3,(H,21,22,25). The Hall–Kier alpha value is -2.80. The highest BCUT2D eigenvalue weighted by atomic mass is 16.1. The summed E-state index contributed by atoms with van der Waals surface area (Å²) in [6, 6.07) is 5.58. The molecule has 0 atom stereocenters. The fraction of sp³-hybridized carbons (Fsp3) is 0.333. The van der Waals surface area contributed by atoms with E-state index in [1.54, 1.807) is 6.20 Å². The molecule has 4 rings (SSSR count). The number of aromatic nitrogens is 5. The van der Waals surface area contributed by atoms with E-state index in [9.17, 15) is 4.79 Å². The van der Waals surface area contributed by atoms with E-state index in [1.807, 2.05) is 36.1 Å². The van der Waals surface area contributed by atoms with Gasteiger partial charge in [0.15, 0.2) is 5.82 Å². The Morgan fingerprint density at radius 3 is 2.92 bits per heavy atom. The molecule has 3 aromatic rings. The van der Waals surface area contributed by atoms with E-state index in [2.05, 4.69) is 31.9 Å². The minimum Gasteiger partial charge on any atom is -0.305 e. The number of rotatable bonds is 3. The second-order valence-electron chi connectivity index (χ2n) is 6.39. The first-order valence-electron chi connectivity index (χ1n) is 8.35. The molecule has 0 aliphatic carbocycles. The van der Waals surface area contributed by atoms with Gasteiger partial charge in [-0.1, -0.05) is 6.07 Å². The van der Waals surface area contributed by atoms with Crippen molar-refractivity contribution in [3.8, 4) is 11.5 Å². The van der Waals surface area contributed by atoms with E-state index >= 15 is 0 Å². The zero-order valence-electron chi connectivity index (χ0n) is 14.4. The van der Waals surface area contributed by atoms with Gasteiger partial charge in [-0.15, -0.1) is 0 Å². The molecule has 0 spiro atoms. The summed E-state index contributed by atoms with van der Waals surface area (Å²) >= 11 is 0. The molecule has 1 N–H and O–H groups in total. The third kappa shape index (κ3) is 2.98. The number of fused-ring (bicyclic) bond motifs is 1. The lowest BCUT2D eigenvalue weighted by atomic mass is 10.1. The fourth-order valence-electron chi connectivity index (χ4n) is 3.19. The van der Waals surface area contributed by atoms with Gasteiger partial charge in [-0.25, -0.2) is 4.98 Å². The highest BCUT2D eigenvalue weighted by Crippen LogP contribution is 2.19. The quantitative estimate of drug-likeness (QED) is 0.783. The minimum atomic E-state index is -0.0529. The van der Waals surface area contributed by atoms with Crippen molar-refractivity contribution in [1.82, 2.24) is 29.6 Å². The predicted molar refractivity (Wildman–Crippen MR) is 93.9 cm³/mol. The zero-order valence-corrected chi connectivity index (χ0v) is 14.4. The molecule has 0 saturated heterocycles. The summed E-state index contributed by atoms with van der Waals surface area (Å²) in [5.41, 5.74) is 4.64. The number of nitrogens with one attached hydrogen (secondary N) is 1. The summed E-state index contributed by atoms with van der Waals surface area (Å²) in [6.07, 6.45) is 4.32. The van der Waals surface area contributed by atoms with Gasteiger partial charge in [0.2, 0.25) is 0 Å². The fourth-order valence-corrected chi connectivity index (χ4v) is 3.19. The lowest BCUT2D eigenvalue weighted by Crippen LogP contribution is -2.35. The second kappa shape index (κ2) is 6.25. The second-order valence-corrected chi connectivity index (χ2v) is 6.39. The van der Waals surface area contributed by atoms with E-state index in [4.69, 9.17) is 0 Å². The average molecular weight is 336 g/mol. The van der Waals surface area contributed by atoms with Crippen molar-refractivity contribution in [1.29, 1.82) is 0 Å². The molecule has 0 aromatic carbocycles. The van der Waals surface area contributed by atoms with Crippen molar-refractivity contribution >= 4 is 0 Å². The molecule has 1 aliphatic heterocycles. The van der Waals surface area contributed by atoms with Crippen molar-refractivity contribution < 1.29 is 0 Å². The average Bonchev–Trinajstić information content (AvgIpc) is 2.94. The first-order chi connectivity index (χ1) is 12.1. The van der Waals surface area contributed by atoms with Crippen LogP contribution in [0.4, 0.5) is 0 Å². The Morgan fingerprint density at radius 1 is 1.32 bits per heavy atom. The maximum absolute atomic E-state index is 12.4. The molecule has 7 heteroatoms. The van der Waals surface area contributed by atoms with Crippen molar-refractivity contribution in [2.75, 3.05) is 6.54 Å². The number of aryl methyl sites for hydroxylation is 1. The monoisotopic (exact) mass is 336 g/mol. The van der Waals surface area contributed by atoms with Crippen molar-refractivity contribution in [2.45, 2.75) is 26.4 Å². The van der Waals surface area contributed by atoms with E-state index in [0.29, 0.717) is 24.5 Å². The molecule has 4 heterocycles. The maximum Gasteiger partial charge on any atom is 0.254 e. The molecule has 3 aromatic heterocycles. The smallest absolute Gasteiger partial charge is 0.254 e. The van der Waals surface area contributed by atoms with Gasteiger partial charge in [-0.2, -0.15) is 5.10 Å². The van der Waals surface area contributed by atoms with E-state index in [1.165, 1.54) is 11.3 Å². The van der Waals surface area contributed by atoms with Crippen LogP contribution in [0.1, 0.15) is 22.5 Å². The van der Waals surface area contributed by atoms with Crippen molar-refractivity contribution in [3.63, 3.8) is 0 Å². The van der Waals surface area contributed by atoms with Gasteiger partial charge in [-0.3, -0.25) is 19.4 Å². The largest absolute Gasteiger partial charge is 0.305 e. The number of pyridine rings is 1. The summed E-state index contributed by atoms with van der Waals surface area (Å²) in [5.74, 6) is 0.531. The van der Waals surface area contributed by atoms with Crippen LogP contribution in [0, 0.1) is 6.92 Å².